The van der Waals surface area contributed by atoms with Gasteiger partial charge in [-0.2, -0.15) is 0 Å². The summed E-state index contributed by atoms with van der Waals surface area (Å²) in [6.07, 6.45) is 2.60. The highest BCUT2D eigenvalue weighted by molar-refractivity contribution is 14.0. The smallest absolute Gasteiger partial charge is 0.191 e. The third kappa shape index (κ3) is 7.35. The van der Waals surface area contributed by atoms with Crippen molar-refractivity contribution in [2.45, 2.75) is 38.8 Å². The number of benzene rings is 1. The molecular weight excluding hydrogens is 489 g/mol. The minimum Gasteiger partial charge on any atom is -0.379 e. The molecule has 2 aliphatic heterocycles. The summed E-state index contributed by atoms with van der Waals surface area (Å²) in [5.41, 5.74) is 1.38. The van der Waals surface area contributed by atoms with E-state index < -0.39 is 0 Å². The Morgan fingerprint density at radius 1 is 0.967 bits per heavy atom. The molecule has 7 heteroatoms. The van der Waals surface area contributed by atoms with E-state index in [-0.39, 0.29) is 24.0 Å². The zero-order valence-electron chi connectivity index (χ0n) is 18.8. The Morgan fingerprint density at radius 2 is 1.60 bits per heavy atom. The SMILES string of the molecule is CN=C(NCC(c1ccccc1)N1CCCC1)NCC(C(C)C)N1CCOCC1.I. The Bertz CT molecular complexity index is 615. The molecule has 0 bridgehead atoms. The monoisotopic (exact) mass is 529 g/mol. The highest BCUT2D eigenvalue weighted by Gasteiger charge is 2.25. The maximum Gasteiger partial charge on any atom is 0.191 e. The molecule has 0 radical (unpaired) electrons. The number of ether oxygens (including phenoxy) is 1. The molecule has 2 aliphatic rings. The zero-order valence-corrected chi connectivity index (χ0v) is 21.2. The molecule has 2 atom stereocenters. The van der Waals surface area contributed by atoms with Gasteiger partial charge in [0.2, 0.25) is 0 Å². The standard InChI is InChI=1S/C23H39N5O.HI/c1-19(2)21(28-13-15-29-16-14-28)17-25-23(24-3)26-18-22(27-11-7-8-12-27)20-9-5-4-6-10-20;/h4-6,9-10,19,21-22H,7-8,11-18H2,1-3H3,(H2,24,25,26);1H. The van der Waals surface area contributed by atoms with Gasteiger partial charge in [-0.1, -0.05) is 44.2 Å². The lowest BCUT2D eigenvalue weighted by Crippen LogP contribution is -2.53. The van der Waals surface area contributed by atoms with Crippen LogP contribution in [0.5, 0.6) is 0 Å². The summed E-state index contributed by atoms with van der Waals surface area (Å²) < 4.78 is 5.53. The van der Waals surface area contributed by atoms with Gasteiger partial charge in [0.1, 0.15) is 0 Å². The quantitative estimate of drug-likeness (QED) is 0.308. The summed E-state index contributed by atoms with van der Waals surface area (Å²) in [5, 5.41) is 7.18. The number of aliphatic imine (C=N–C) groups is 1. The Morgan fingerprint density at radius 3 is 2.20 bits per heavy atom. The molecule has 170 valence electrons. The van der Waals surface area contributed by atoms with Gasteiger partial charge in [-0.15, -0.1) is 24.0 Å². The molecule has 0 spiro atoms. The van der Waals surface area contributed by atoms with Crippen LogP contribution in [0.3, 0.4) is 0 Å². The molecule has 2 fully saturated rings. The second-order valence-electron chi connectivity index (χ2n) is 8.46. The van der Waals surface area contributed by atoms with Gasteiger partial charge in [-0.05, 0) is 37.4 Å². The van der Waals surface area contributed by atoms with E-state index in [1.54, 1.807) is 0 Å². The van der Waals surface area contributed by atoms with Crippen LogP contribution in [0.25, 0.3) is 0 Å². The number of nitrogens with one attached hydrogen (secondary N) is 2. The number of guanidine groups is 1. The fraction of sp³-hybridized carbons (Fsp3) is 0.696. The van der Waals surface area contributed by atoms with Crippen molar-refractivity contribution in [1.82, 2.24) is 20.4 Å². The number of halogens is 1. The highest BCUT2D eigenvalue weighted by atomic mass is 127. The minimum atomic E-state index is 0. The van der Waals surface area contributed by atoms with Crippen molar-refractivity contribution in [3.8, 4) is 0 Å². The molecule has 3 rings (SSSR count). The van der Waals surface area contributed by atoms with E-state index in [0.29, 0.717) is 18.0 Å². The molecule has 0 amide bonds. The number of likely N-dealkylation sites (tertiary alicyclic amines) is 1. The minimum absolute atomic E-state index is 0. The summed E-state index contributed by atoms with van der Waals surface area (Å²) in [6.45, 7) is 12.4. The van der Waals surface area contributed by atoms with E-state index in [2.05, 4.69) is 69.6 Å². The first-order valence-electron chi connectivity index (χ1n) is 11.2. The Hall–Kier alpha value is -0.900. The third-order valence-corrected chi connectivity index (χ3v) is 6.22. The summed E-state index contributed by atoms with van der Waals surface area (Å²) in [6, 6.07) is 11.7. The lowest BCUT2D eigenvalue weighted by Gasteiger charge is -2.37. The van der Waals surface area contributed by atoms with Gasteiger partial charge in [0, 0.05) is 39.3 Å². The molecule has 2 saturated heterocycles. The molecule has 30 heavy (non-hydrogen) atoms. The Labute approximate surface area is 199 Å². The van der Waals surface area contributed by atoms with Crippen molar-refractivity contribution >= 4 is 29.9 Å². The molecule has 0 aliphatic carbocycles. The summed E-state index contributed by atoms with van der Waals surface area (Å²) >= 11 is 0. The van der Waals surface area contributed by atoms with Gasteiger partial charge in [0.05, 0.1) is 19.3 Å². The van der Waals surface area contributed by atoms with Crippen molar-refractivity contribution in [2.75, 3.05) is 59.5 Å². The zero-order chi connectivity index (χ0) is 20.5. The predicted octanol–water partition coefficient (Wildman–Crippen LogP) is 2.96. The summed E-state index contributed by atoms with van der Waals surface area (Å²) in [5.74, 6) is 1.48. The maximum absolute atomic E-state index is 5.53. The maximum atomic E-state index is 5.53. The predicted molar refractivity (Wildman–Crippen MR) is 136 cm³/mol. The molecule has 0 aromatic heterocycles. The lowest BCUT2D eigenvalue weighted by atomic mass is 10.0. The molecule has 0 saturated carbocycles. The summed E-state index contributed by atoms with van der Waals surface area (Å²) in [4.78, 5) is 9.63. The van der Waals surface area contributed by atoms with E-state index in [4.69, 9.17) is 4.74 Å². The second-order valence-corrected chi connectivity index (χ2v) is 8.46. The summed E-state index contributed by atoms with van der Waals surface area (Å²) in [7, 11) is 1.86. The van der Waals surface area contributed by atoms with E-state index in [0.717, 1.165) is 45.4 Å². The molecule has 2 N–H and O–H groups in total. The molecular formula is C23H40IN5O. The van der Waals surface area contributed by atoms with Crippen molar-refractivity contribution in [1.29, 1.82) is 0 Å². The average molecular weight is 530 g/mol. The van der Waals surface area contributed by atoms with E-state index in [1.807, 2.05) is 7.05 Å². The second kappa shape index (κ2) is 13.5. The van der Waals surface area contributed by atoms with Gasteiger partial charge in [0.25, 0.3) is 0 Å². The van der Waals surface area contributed by atoms with Crippen molar-refractivity contribution < 1.29 is 4.74 Å². The molecule has 2 heterocycles. The number of hydrogen-bond donors (Lipinski definition) is 2. The number of morpholine rings is 1. The van der Waals surface area contributed by atoms with E-state index in [1.165, 1.54) is 31.5 Å². The van der Waals surface area contributed by atoms with Crippen LogP contribution in [0.1, 0.15) is 38.3 Å². The van der Waals surface area contributed by atoms with Crippen LogP contribution in [0.15, 0.2) is 35.3 Å². The van der Waals surface area contributed by atoms with Crippen LogP contribution in [0.4, 0.5) is 0 Å². The topological polar surface area (TPSA) is 52.1 Å². The third-order valence-electron chi connectivity index (χ3n) is 6.22. The first kappa shape index (κ1) is 25.4. The molecule has 2 unspecified atom stereocenters. The van der Waals surface area contributed by atoms with Crippen LogP contribution in [-0.2, 0) is 4.74 Å². The fourth-order valence-electron chi connectivity index (χ4n) is 4.50. The molecule has 6 nitrogen and oxygen atoms in total. The van der Waals surface area contributed by atoms with Crippen LogP contribution in [-0.4, -0.2) is 81.3 Å². The first-order valence-corrected chi connectivity index (χ1v) is 11.2. The van der Waals surface area contributed by atoms with Crippen LogP contribution >= 0.6 is 24.0 Å². The number of hydrogen-bond acceptors (Lipinski definition) is 4. The van der Waals surface area contributed by atoms with Crippen LogP contribution in [0, 0.1) is 5.92 Å². The van der Waals surface area contributed by atoms with Crippen molar-refractivity contribution in [3.05, 3.63) is 35.9 Å². The largest absolute Gasteiger partial charge is 0.379 e. The van der Waals surface area contributed by atoms with Gasteiger partial charge < -0.3 is 15.4 Å². The Kier molecular flexibility index (Phi) is 11.4. The number of rotatable bonds is 8. The van der Waals surface area contributed by atoms with E-state index >= 15 is 0 Å². The van der Waals surface area contributed by atoms with Gasteiger partial charge in [-0.25, -0.2) is 0 Å². The van der Waals surface area contributed by atoms with Crippen molar-refractivity contribution in [2.24, 2.45) is 10.9 Å². The average Bonchev–Trinajstić information content (AvgIpc) is 3.28. The van der Waals surface area contributed by atoms with E-state index in [9.17, 15) is 0 Å². The highest BCUT2D eigenvalue weighted by Crippen LogP contribution is 2.24. The Balaban J connectivity index is 0.00000320. The number of nitrogens with zero attached hydrogens (tertiary/aromatic N) is 3. The van der Waals surface area contributed by atoms with Gasteiger partial charge >= 0.3 is 0 Å². The first-order chi connectivity index (χ1) is 14.2. The van der Waals surface area contributed by atoms with Crippen LogP contribution in [0.2, 0.25) is 0 Å². The van der Waals surface area contributed by atoms with Crippen molar-refractivity contribution in [3.63, 3.8) is 0 Å². The fourth-order valence-corrected chi connectivity index (χ4v) is 4.50. The van der Waals surface area contributed by atoms with Gasteiger partial charge in [-0.3, -0.25) is 14.8 Å². The van der Waals surface area contributed by atoms with Gasteiger partial charge in [0.15, 0.2) is 5.96 Å². The normalized spacial score (nSPS) is 20.6. The molecule has 1 aromatic carbocycles. The van der Waals surface area contributed by atoms with Crippen LogP contribution < -0.4 is 10.6 Å². The molecule has 1 aromatic rings. The lowest BCUT2D eigenvalue weighted by molar-refractivity contribution is 0.00752.